The summed E-state index contributed by atoms with van der Waals surface area (Å²) >= 11 is 0. The van der Waals surface area contributed by atoms with Gasteiger partial charge in [-0.25, -0.2) is 9.78 Å². The van der Waals surface area contributed by atoms with E-state index in [1.807, 2.05) is 4.90 Å². The maximum atomic E-state index is 12.2. The van der Waals surface area contributed by atoms with Gasteiger partial charge in [-0.2, -0.15) is 0 Å². The van der Waals surface area contributed by atoms with E-state index < -0.39 is 0 Å². The number of ether oxygens (including phenoxy) is 1. The fraction of sp³-hybridized carbons (Fsp3) is 0.688. The average Bonchev–Trinajstić information content (AvgIpc) is 3.09. The van der Waals surface area contributed by atoms with Crippen LogP contribution < -0.4 is 21.1 Å². The number of aryl methyl sites for hydroxylation is 1. The van der Waals surface area contributed by atoms with E-state index in [9.17, 15) is 9.59 Å². The smallest absolute Gasteiger partial charge is 0.315 e. The lowest BCUT2D eigenvalue weighted by atomic mass is 10.1. The number of urea groups is 1. The molecule has 0 unspecified atom stereocenters. The molecular weight excluding hydrogens is 310 g/mol. The molecule has 1 aromatic rings. The van der Waals surface area contributed by atoms with Crippen molar-refractivity contribution in [2.45, 2.75) is 37.8 Å². The van der Waals surface area contributed by atoms with Crippen molar-refractivity contribution in [3.05, 3.63) is 22.7 Å². The Bertz CT molecular complexity index is 626. The Morgan fingerprint density at radius 3 is 3.08 bits per heavy atom. The number of carbonyl (C=O) groups excluding carboxylic acids is 1. The Morgan fingerprint density at radius 2 is 2.29 bits per heavy atom. The first-order chi connectivity index (χ1) is 11.6. The van der Waals surface area contributed by atoms with Gasteiger partial charge in [-0.1, -0.05) is 0 Å². The highest BCUT2D eigenvalue weighted by molar-refractivity contribution is 5.74. The molecule has 8 nitrogen and oxygen atoms in total. The Kier molecular flexibility index (Phi) is 5.34. The maximum Gasteiger partial charge on any atom is 0.315 e. The number of anilines is 1. The highest BCUT2D eigenvalue weighted by Crippen LogP contribution is 2.14. The molecule has 3 heterocycles. The first kappa shape index (κ1) is 16.8. The zero-order valence-corrected chi connectivity index (χ0v) is 14.0. The molecule has 2 saturated heterocycles. The topological polar surface area (TPSA) is 88.5 Å². The minimum Gasteiger partial charge on any atom is -0.376 e. The normalized spacial score (nSPS) is 24.0. The molecule has 2 N–H and O–H groups in total. The predicted octanol–water partition coefficient (Wildman–Crippen LogP) is 0.227. The molecule has 0 spiro atoms. The Balaban J connectivity index is 1.52. The van der Waals surface area contributed by atoms with Gasteiger partial charge in [0.1, 0.15) is 0 Å². The zero-order valence-electron chi connectivity index (χ0n) is 14.0. The number of hydrogen-bond donors (Lipinski definition) is 2. The van der Waals surface area contributed by atoms with E-state index in [2.05, 4.69) is 15.6 Å². The van der Waals surface area contributed by atoms with Crippen molar-refractivity contribution in [2.24, 2.45) is 7.05 Å². The number of amides is 2. The quantitative estimate of drug-likeness (QED) is 0.822. The third-order valence-corrected chi connectivity index (χ3v) is 4.57. The van der Waals surface area contributed by atoms with Gasteiger partial charge in [0.15, 0.2) is 5.82 Å². The van der Waals surface area contributed by atoms with Gasteiger partial charge in [0, 0.05) is 51.7 Å². The monoisotopic (exact) mass is 335 g/mol. The fourth-order valence-electron chi connectivity index (χ4n) is 3.24. The van der Waals surface area contributed by atoms with Crippen molar-refractivity contribution in [1.29, 1.82) is 0 Å². The largest absolute Gasteiger partial charge is 0.376 e. The van der Waals surface area contributed by atoms with Crippen LogP contribution in [0.5, 0.6) is 0 Å². The molecule has 2 aliphatic rings. The second-order valence-electron chi connectivity index (χ2n) is 6.44. The lowest BCUT2D eigenvalue weighted by Gasteiger charge is -2.33. The molecule has 2 atom stereocenters. The van der Waals surface area contributed by atoms with Crippen LogP contribution in [0, 0.1) is 0 Å². The van der Waals surface area contributed by atoms with Crippen LogP contribution in [0.3, 0.4) is 0 Å². The van der Waals surface area contributed by atoms with Crippen LogP contribution >= 0.6 is 0 Å². The van der Waals surface area contributed by atoms with E-state index in [4.69, 9.17) is 4.74 Å². The number of rotatable bonds is 4. The van der Waals surface area contributed by atoms with E-state index in [1.54, 1.807) is 19.4 Å². The summed E-state index contributed by atoms with van der Waals surface area (Å²) in [5, 5.41) is 5.86. The summed E-state index contributed by atoms with van der Waals surface area (Å²) in [6, 6.07) is -0.166. The third kappa shape index (κ3) is 4.05. The van der Waals surface area contributed by atoms with Crippen molar-refractivity contribution in [2.75, 3.05) is 31.1 Å². The summed E-state index contributed by atoms with van der Waals surface area (Å²) in [7, 11) is 1.71. The molecule has 3 rings (SSSR count). The number of carbonyl (C=O) groups is 1. The molecule has 24 heavy (non-hydrogen) atoms. The highest BCUT2D eigenvalue weighted by atomic mass is 16.5. The predicted molar refractivity (Wildman–Crippen MR) is 90.2 cm³/mol. The first-order valence-corrected chi connectivity index (χ1v) is 8.56. The van der Waals surface area contributed by atoms with Crippen LogP contribution in [0.15, 0.2) is 17.2 Å². The van der Waals surface area contributed by atoms with Crippen LogP contribution in [0.2, 0.25) is 0 Å². The summed E-state index contributed by atoms with van der Waals surface area (Å²) in [6.07, 6.45) is 7.28. The van der Waals surface area contributed by atoms with Gasteiger partial charge in [-0.3, -0.25) is 4.79 Å². The minimum atomic E-state index is -0.175. The highest BCUT2D eigenvalue weighted by Gasteiger charge is 2.24. The molecule has 0 saturated carbocycles. The number of piperidine rings is 1. The lowest BCUT2D eigenvalue weighted by molar-refractivity contribution is 0.111. The molecule has 0 aromatic carbocycles. The molecule has 132 valence electrons. The van der Waals surface area contributed by atoms with Gasteiger partial charge >= 0.3 is 6.03 Å². The first-order valence-electron chi connectivity index (χ1n) is 8.56. The number of hydrogen-bond acceptors (Lipinski definition) is 5. The lowest BCUT2D eigenvalue weighted by Crippen LogP contribution is -2.52. The number of nitrogens with one attached hydrogen (secondary N) is 2. The van der Waals surface area contributed by atoms with E-state index in [0.29, 0.717) is 18.9 Å². The molecule has 0 bridgehead atoms. The van der Waals surface area contributed by atoms with Crippen LogP contribution in [-0.4, -0.2) is 54.0 Å². The molecule has 0 radical (unpaired) electrons. The Labute approximate surface area is 141 Å². The van der Waals surface area contributed by atoms with Crippen molar-refractivity contribution < 1.29 is 9.53 Å². The number of nitrogens with zero attached hydrogens (tertiary/aromatic N) is 3. The molecular formula is C16H25N5O3. The fourth-order valence-corrected chi connectivity index (χ4v) is 3.24. The standard InChI is InChI=1S/C16H25N5O3/c1-20-8-6-17-14(15(20)22)21-7-2-4-12(11-21)19-16(23)18-10-13-5-3-9-24-13/h6,8,12-13H,2-5,7,9-11H2,1H3,(H2,18,19,23)/t12-,13+/m0/s1. The Hall–Kier alpha value is -2.09. The molecule has 1 aromatic heterocycles. The van der Waals surface area contributed by atoms with Gasteiger partial charge in [-0.15, -0.1) is 0 Å². The van der Waals surface area contributed by atoms with Crippen molar-refractivity contribution >= 4 is 11.8 Å². The summed E-state index contributed by atoms with van der Waals surface area (Å²) < 4.78 is 7.02. The van der Waals surface area contributed by atoms with Gasteiger partial charge in [0.2, 0.25) is 0 Å². The second kappa shape index (κ2) is 7.65. The summed E-state index contributed by atoms with van der Waals surface area (Å²) in [5.41, 5.74) is -0.110. The summed E-state index contributed by atoms with van der Waals surface area (Å²) in [4.78, 5) is 30.4. The van der Waals surface area contributed by atoms with Crippen LogP contribution in [0.1, 0.15) is 25.7 Å². The zero-order chi connectivity index (χ0) is 16.9. The summed E-state index contributed by atoms with van der Waals surface area (Å²) in [6.45, 7) is 2.70. The van der Waals surface area contributed by atoms with Crippen molar-refractivity contribution in [3.8, 4) is 0 Å². The number of aromatic nitrogens is 2. The average molecular weight is 335 g/mol. The third-order valence-electron chi connectivity index (χ3n) is 4.57. The van der Waals surface area contributed by atoms with Crippen LogP contribution in [0.4, 0.5) is 10.6 Å². The van der Waals surface area contributed by atoms with E-state index in [0.717, 1.165) is 38.8 Å². The molecule has 2 fully saturated rings. The molecule has 8 heteroatoms. The van der Waals surface area contributed by atoms with Gasteiger partial charge in [-0.05, 0) is 25.7 Å². The van der Waals surface area contributed by atoms with Gasteiger partial charge < -0.3 is 24.8 Å². The van der Waals surface area contributed by atoms with Crippen molar-refractivity contribution in [3.63, 3.8) is 0 Å². The van der Waals surface area contributed by atoms with Gasteiger partial charge in [0.05, 0.1) is 6.10 Å². The van der Waals surface area contributed by atoms with E-state index in [1.165, 1.54) is 4.57 Å². The van der Waals surface area contributed by atoms with Crippen molar-refractivity contribution in [1.82, 2.24) is 20.2 Å². The SMILES string of the molecule is Cn1ccnc(N2CCC[C@H](NC(=O)NC[C@H]3CCCO3)C2)c1=O. The maximum absolute atomic E-state index is 12.2. The van der Waals surface area contributed by atoms with Gasteiger partial charge in [0.25, 0.3) is 5.56 Å². The summed E-state index contributed by atoms with van der Waals surface area (Å²) in [5.74, 6) is 0.450. The molecule has 0 aliphatic carbocycles. The van der Waals surface area contributed by atoms with Crippen LogP contribution in [0.25, 0.3) is 0 Å². The molecule has 2 aliphatic heterocycles. The Morgan fingerprint density at radius 1 is 1.42 bits per heavy atom. The molecule has 2 amide bonds. The minimum absolute atomic E-state index is 0.00922. The second-order valence-corrected chi connectivity index (χ2v) is 6.44. The van der Waals surface area contributed by atoms with Crippen LogP contribution in [-0.2, 0) is 11.8 Å². The van der Waals surface area contributed by atoms with E-state index in [-0.39, 0.29) is 23.7 Å². The van der Waals surface area contributed by atoms with E-state index >= 15 is 0 Å².